The number of aliphatic hydroxyl groups excluding tert-OH is 1. The zero-order chi connectivity index (χ0) is 24.4. The van der Waals surface area contributed by atoms with Crippen LogP contribution in [0, 0.1) is 0 Å². The molecule has 2 aromatic heterocycles. The van der Waals surface area contributed by atoms with Crippen LogP contribution in [0.5, 0.6) is 0 Å². The van der Waals surface area contributed by atoms with Crippen LogP contribution < -0.4 is 11.5 Å². The molecule has 13 nitrogen and oxygen atoms in total. The molecular weight excluding hydrogens is 472 g/mol. The molecule has 5 rings (SSSR count). The highest BCUT2D eigenvalue weighted by Crippen LogP contribution is 2.55. The maximum atomic E-state index is 12.1. The Bertz CT molecular complexity index is 1290. The molecule has 1 aliphatic carbocycles. The van der Waals surface area contributed by atoms with Crippen LogP contribution in [0.3, 0.4) is 0 Å². The van der Waals surface area contributed by atoms with Crippen LogP contribution in [-0.2, 0) is 25.5 Å². The molecule has 7 N–H and O–H groups in total. The normalized spacial score (nSPS) is 28.1. The molecule has 14 heteroatoms. The molecule has 0 bridgehead atoms. The van der Waals surface area contributed by atoms with E-state index in [2.05, 4.69) is 15.0 Å². The molecule has 3 aromatic rings. The monoisotopic (exact) mass is 490 g/mol. The Balaban J connectivity index is 1.42. The minimum absolute atomic E-state index is 0.0312. The van der Waals surface area contributed by atoms with Crippen molar-refractivity contribution in [2.24, 2.45) is 5.73 Å². The molecule has 5 atom stereocenters. The van der Waals surface area contributed by atoms with Crippen LogP contribution >= 0.6 is 11.6 Å². The smallest absolute Gasteiger partial charge is 0.348 e. The molecule has 178 valence electrons. The summed E-state index contributed by atoms with van der Waals surface area (Å²) in [6.45, 7) is 0. The first-order valence-corrected chi connectivity index (χ1v) is 10.4. The van der Waals surface area contributed by atoms with E-state index in [1.807, 2.05) is 0 Å². The fourth-order valence-corrected chi connectivity index (χ4v) is 4.49. The summed E-state index contributed by atoms with van der Waals surface area (Å²) in [5.74, 6) is -3.37. The number of halogens is 1. The number of rotatable bonds is 7. The van der Waals surface area contributed by atoms with Crippen LogP contribution in [0.4, 0.5) is 5.82 Å². The molecule has 1 saturated carbocycles. The fraction of sp³-hybridized carbons (Fsp3) is 0.350. The van der Waals surface area contributed by atoms with Gasteiger partial charge in [-0.25, -0.2) is 14.6 Å². The molecule has 1 saturated heterocycles. The van der Waals surface area contributed by atoms with Crippen molar-refractivity contribution in [3.05, 3.63) is 47.5 Å². The molecule has 3 heterocycles. The summed E-state index contributed by atoms with van der Waals surface area (Å²) in [4.78, 5) is 36.2. The molecule has 2 aliphatic rings. The van der Waals surface area contributed by atoms with Crippen molar-refractivity contribution in [1.29, 1.82) is 0 Å². The molecule has 1 aliphatic heterocycles. The van der Waals surface area contributed by atoms with E-state index in [-0.39, 0.29) is 22.3 Å². The van der Waals surface area contributed by atoms with Gasteiger partial charge in [0.15, 0.2) is 17.7 Å². The number of fused-ring (bicyclic) bond motifs is 2. The number of hydrogen-bond donors (Lipinski definition) is 5. The van der Waals surface area contributed by atoms with E-state index in [0.29, 0.717) is 5.56 Å². The summed E-state index contributed by atoms with van der Waals surface area (Å²) in [5.41, 5.74) is 8.79. The van der Waals surface area contributed by atoms with E-state index < -0.39 is 54.0 Å². The number of ether oxygens (including phenoxy) is 2. The van der Waals surface area contributed by atoms with Crippen LogP contribution in [-0.4, -0.2) is 76.2 Å². The van der Waals surface area contributed by atoms with Gasteiger partial charge in [0.1, 0.15) is 29.4 Å². The van der Waals surface area contributed by atoms with Gasteiger partial charge in [-0.15, -0.1) is 0 Å². The van der Waals surface area contributed by atoms with Crippen LogP contribution in [0.2, 0.25) is 5.28 Å². The number of hydrogen-bond acceptors (Lipinski definition) is 10. The Labute approximate surface area is 195 Å². The molecule has 1 aromatic carbocycles. The van der Waals surface area contributed by atoms with Gasteiger partial charge in [0.2, 0.25) is 5.28 Å². The van der Waals surface area contributed by atoms with E-state index in [1.54, 1.807) is 30.3 Å². The lowest BCUT2D eigenvalue weighted by Gasteiger charge is -2.29. The lowest BCUT2D eigenvalue weighted by Crippen LogP contribution is -2.54. The summed E-state index contributed by atoms with van der Waals surface area (Å²) >= 11 is 5.88. The Morgan fingerprint density at radius 2 is 1.91 bits per heavy atom. The molecular formula is C20H19ClN6O7. The third kappa shape index (κ3) is 3.13. The second-order valence-corrected chi connectivity index (χ2v) is 8.57. The first kappa shape index (κ1) is 22.4. The molecule has 34 heavy (non-hydrogen) atoms. The number of benzene rings is 1. The Kier molecular flexibility index (Phi) is 5.00. The summed E-state index contributed by atoms with van der Waals surface area (Å²) in [6.07, 6.45) is -3.84. The zero-order valence-corrected chi connectivity index (χ0v) is 18.0. The lowest BCUT2D eigenvalue weighted by atomic mass is 9.94. The number of carboxylic acid groups (broad SMARTS) is 2. The van der Waals surface area contributed by atoms with E-state index in [4.69, 9.17) is 32.5 Å². The molecule has 1 unspecified atom stereocenters. The summed E-state index contributed by atoms with van der Waals surface area (Å²) in [7, 11) is 0. The predicted molar refractivity (Wildman–Crippen MR) is 115 cm³/mol. The number of carboxylic acids is 2. The Hall–Kier alpha value is -3.36. The van der Waals surface area contributed by atoms with Gasteiger partial charge in [-0.3, -0.25) is 4.57 Å². The number of aliphatic hydroxyl groups is 1. The number of imidazole rings is 1. The highest BCUT2D eigenvalue weighted by atomic mass is 35.5. The number of aliphatic carboxylic acids is 2. The van der Waals surface area contributed by atoms with Crippen molar-refractivity contribution in [2.45, 2.75) is 42.1 Å². The summed E-state index contributed by atoms with van der Waals surface area (Å²) in [6, 6.07) is 8.18. The second-order valence-electron chi connectivity index (χ2n) is 8.23. The van der Waals surface area contributed by atoms with Crippen molar-refractivity contribution in [1.82, 2.24) is 19.5 Å². The highest BCUT2D eigenvalue weighted by molar-refractivity contribution is 6.28. The summed E-state index contributed by atoms with van der Waals surface area (Å²) < 4.78 is 12.8. The number of nitrogens with zero attached hydrogens (tertiary/aromatic N) is 4. The van der Waals surface area contributed by atoms with Gasteiger partial charge in [-0.2, -0.15) is 9.97 Å². The third-order valence-electron chi connectivity index (χ3n) is 6.23. The highest BCUT2D eigenvalue weighted by Gasteiger charge is 2.78. The first-order chi connectivity index (χ1) is 16.1. The van der Waals surface area contributed by atoms with E-state index in [1.165, 1.54) is 10.9 Å². The lowest BCUT2D eigenvalue weighted by molar-refractivity contribution is -0.192. The average Bonchev–Trinajstić information content (AvgIpc) is 3.05. The van der Waals surface area contributed by atoms with Gasteiger partial charge < -0.3 is 36.3 Å². The zero-order valence-electron chi connectivity index (χ0n) is 17.3. The van der Waals surface area contributed by atoms with Gasteiger partial charge in [-0.1, -0.05) is 30.3 Å². The minimum Gasteiger partial charge on any atom is -0.479 e. The topological polar surface area (TPSA) is 209 Å². The Morgan fingerprint density at radius 1 is 1.24 bits per heavy atom. The number of nitrogens with two attached hydrogens (primary N) is 2. The van der Waals surface area contributed by atoms with Crippen LogP contribution in [0.1, 0.15) is 11.8 Å². The quantitative estimate of drug-likeness (QED) is 0.211. The second kappa shape index (κ2) is 7.58. The largest absolute Gasteiger partial charge is 0.479 e. The van der Waals surface area contributed by atoms with Gasteiger partial charge in [0.05, 0.1) is 6.33 Å². The Morgan fingerprint density at radius 3 is 2.50 bits per heavy atom. The molecule has 0 amide bonds. The van der Waals surface area contributed by atoms with Crippen molar-refractivity contribution < 1.29 is 34.4 Å². The van der Waals surface area contributed by atoms with E-state index in [0.717, 1.165) is 0 Å². The third-order valence-corrected chi connectivity index (χ3v) is 6.40. The van der Waals surface area contributed by atoms with Gasteiger partial charge in [0.25, 0.3) is 5.60 Å². The molecule has 2 fully saturated rings. The summed E-state index contributed by atoms with van der Waals surface area (Å²) in [5, 5.41) is 30.5. The van der Waals surface area contributed by atoms with Crippen LogP contribution in [0.15, 0.2) is 36.7 Å². The SMILES string of the molecule is Nc1nc(Cl)nc2c1ncn2[C@@H]1O[C@@H]2C(OC(Cc3ccccc3)(C(=O)O)C(=O)O)[C@]2(N)[C@H]1O. The molecule has 0 spiro atoms. The standard InChI is InChI=1S/C20H19ClN6O7/c21-18-25-13(22)9-14(26-18)27(7-24-9)15-10(28)20(23)11(33-15)12(20)34-19(16(29)30,17(31)32)6-8-4-2-1-3-5-8/h1-5,7,10-12,15,28H,6,23H2,(H,29,30)(H,31,32)(H2,22,25,26)/t10-,11+,12?,15+,20-/m0/s1. The fourth-order valence-electron chi connectivity index (χ4n) is 4.32. The van der Waals surface area contributed by atoms with Gasteiger partial charge in [-0.05, 0) is 17.2 Å². The molecule has 0 radical (unpaired) electrons. The number of carbonyl (C=O) groups is 2. The number of nitrogen functional groups attached to an aromatic ring is 1. The van der Waals surface area contributed by atoms with Gasteiger partial charge in [0, 0.05) is 6.42 Å². The average molecular weight is 491 g/mol. The predicted octanol–water partition coefficient (Wildman–Crippen LogP) is -0.433. The first-order valence-electron chi connectivity index (χ1n) is 10.1. The maximum absolute atomic E-state index is 12.1. The van der Waals surface area contributed by atoms with E-state index in [9.17, 15) is 24.9 Å². The van der Waals surface area contributed by atoms with Crippen molar-refractivity contribution in [3.8, 4) is 0 Å². The van der Waals surface area contributed by atoms with E-state index >= 15 is 0 Å². The van der Waals surface area contributed by atoms with Crippen molar-refractivity contribution >= 4 is 40.5 Å². The van der Waals surface area contributed by atoms with Crippen molar-refractivity contribution in [2.75, 3.05) is 5.73 Å². The van der Waals surface area contributed by atoms with Crippen LogP contribution in [0.25, 0.3) is 11.2 Å². The number of aromatic nitrogens is 4. The minimum atomic E-state index is -2.64. The van der Waals surface area contributed by atoms with Gasteiger partial charge >= 0.3 is 11.9 Å². The maximum Gasteiger partial charge on any atom is 0.348 e. The van der Waals surface area contributed by atoms with Crippen molar-refractivity contribution in [3.63, 3.8) is 0 Å². The number of anilines is 1.